The number of ether oxygens (including phenoxy) is 1. The minimum absolute atomic E-state index is 0.0456. The van der Waals surface area contributed by atoms with Gasteiger partial charge in [-0.25, -0.2) is 0 Å². The lowest BCUT2D eigenvalue weighted by atomic mass is 9.98. The van der Waals surface area contributed by atoms with E-state index in [2.05, 4.69) is 12.2 Å². The largest absolute Gasteiger partial charge is 0.481 e. The zero-order valence-corrected chi connectivity index (χ0v) is 16.9. The molecule has 0 spiro atoms. The molecule has 148 valence electrons. The Kier molecular flexibility index (Phi) is 6.57. The third-order valence-electron chi connectivity index (χ3n) is 4.97. The minimum Gasteiger partial charge on any atom is -0.481 e. The van der Waals surface area contributed by atoms with Gasteiger partial charge in [0.05, 0.1) is 0 Å². The van der Waals surface area contributed by atoms with Crippen LogP contribution in [0, 0.1) is 5.92 Å². The number of amides is 2. The number of nitrogens with zero attached hydrogens (tertiary/aromatic N) is 1. The second kappa shape index (κ2) is 9.11. The van der Waals surface area contributed by atoms with Crippen LogP contribution in [-0.4, -0.2) is 35.9 Å². The lowest BCUT2D eigenvalue weighted by Gasteiger charge is -2.30. The van der Waals surface area contributed by atoms with Crippen LogP contribution < -0.4 is 10.1 Å². The van der Waals surface area contributed by atoms with Gasteiger partial charge in [0.1, 0.15) is 5.75 Å². The highest BCUT2D eigenvalue weighted by atomic mass is 35.5. The van der Waals surface area contributed by atoms with Crippen LogP contribution in [0.3, 0.4) is 0 Å². The predicted molar refractivity (Wildman–Crippen MR) is 111 cm³/mol. The van der Waals surface area contributed by atoms with Crippen molar-refractivity contribution in [2.75, 3.05) is 18.4 Å². The van der Waals surface area contributed by atoms with E-state index in [-0.39, 0.29) is 11.8 Å². The van der Waals surface area contributed by atoms with Crippen LogP contribution in [0.5, 0.6) is 5.75 Å². The topological polar surface area (TPSA) is 58.6 Å². The summed E-state index contributed by atoms with van der Waals surface area (Å²) in [4.78, 5) is 26.8. The molecule has 0 aliphatic carbocycles. The second-order valence-electron chi connectivity index (χ2n) is 7.26. The number of benzene rings is 2. The first kappa shape index (κ1) is 20.2. The number of likely N-dealkylation sites (tertiary alicyclic amines) is 1. The third kappa shape index (κ3) is 5.26. The number of hydrogen-bond acceptors (Lipinski definition) is 3. The van der Waals surface area contributed by atoms with Crippen molar-refractivity contribution in [1.29, 1.82) is 0 Å². The zero-order chi connectivity index (χ0) is 20.1. The Hall–Kier alpha value is -2.53. The Morgan fingerprint density at radius 1 is 1.07 bits per heavy atom. The molecule has 0 saturated carbocycles. The van der Waals surface area contributed by atoms with Crippen molar-refractivity contribution in [2.45, 2.75) is 32.8 Å². The molecule has 0 aromatic heterocycles. The van der Waals surface area contributed by atoms with Crippen molar-refractivity contribution >= 4 is 29.1 Å². The van der Waals surface area contributed by atoms with Gasteiger partial charge in [0.25, 0.3) is 11.8 Å². The molecule has 1 atom stereocenters. The summed E-state index contributed by atoms with van der Waals surface area (Å²) in [6.07, 6.45) is 1.43. The molecule has 1 aliphatic heterocycles. The number of carbonyl (C=O) groups excluding carboxylic acids is 2. The van der Waals surface area contributed by atoms with Gasteiger partial charge in [-0.15, -0.1) is 0 Å². The molecule has 1 aliphatic rings. The summed E-state index contributed by atoms with van der Waals surface area (Å²) in [5, 5.41) is 3.42. The molecule has 2 amide bonds. The smallest absolute Gasteiger partial charge is 0.265 e. The summed E-state index contributed by atoms with van der Waals surface area (Å²) in [6, 6.07) is 13.8. The van der Waals surface area contributed by atoms with E-state index < -0.39 is 6.10 Å². The fraction of sp³-hybridized carbons (Fsp3) is 0.364. The van der Waals surface area contributed by atoms with E-state index in [1.54, 1.807) is 55.5 Å². The summed E-state index contributed by atoms with van der Waals surface area (Å²) < 4.78 is 5.62. The van der Waals surface area contributed by atoms with Crippen LogP contribution in [0.1, 0.15) is 37.0 Å². The van der Waals surface area contributed by atoms with E-state index >= 15 is 0 Å². The molecular formula is C22H25ClN2O3. The Balaban J connectivity index is 1.55. The van der Waals surface area contributed by atoms with Crippen LogP contribution in [0.15, 0.2) is 48.5 Å². The fourth-order valence-corrected chi connectivity index (χ4v) is 3.23. The third-order valence-corrected chi connectivity index (χ3v) is 5.22. The van der Waals surface area contributed by atoms with E-state index in [9.17, 15) is 9.59 Å². The summed E-state index contributed by atoms with van der Waals surface area (Å²) in [7, 11) is 0. The molecular weight excluding hydrogens is 376 g/mol. The minimum atomic E-state index is -0.669. The lowest BCUT2D eigenvalue weighted by Crippen LogP contribution is -2.37. The SMILES string of the molecule is CC1CCN(C(=O)c2ccc(NC(=O)C(C)Oc3ccc(Cl)cc3)cc2)CC1. The van der Waals surface area contributed by atoms with E-state index in [0.29, 0.717) is 27.9 Å². The van der Waals surface area contributed by atoms with Gasteiger partial charge in [0.15, 0.2) is 6.10 Å². The maximum atomic E-state index is 12.6. The monoisotopic (exact) mass is 400 g/mol. The van der Waals surface area contributed by atoms with Gasteiger partial charge in [-0.05, 0) is 74.2 Å². The zero-order valence-electron chi connectivity index (χ0n) is 16.2. The van der Waals surface area contributed by atoms with Gasteiger partial charge in [0, 0.05) is 29.4 Å². The first-order chi connectivity index (χ1) is 13.4. The van der Waals surface area contributed by atoms with Gasteiger partial charge in [0.2, 0.25) is 0 Å². The number of nitrogens with one attached hydrogen (secondary N) is 1. The van der Waals surface area contributed by atoms with Crippen molar-refractivity contribution in [3.63, 3.8) is 0 Å². The number of carbonyl (C=O) groups is 2. The molecule has 0 radical (unpaired) electrons. The molecule has 1 unspecified atom stereocenters. The van der Waals surface area contributed by atoms with Crippen molar-refractivity contribution in [3.8, 4) is 5.75 Å². The van der Waals surface area contributed by atoms with Crippen molar-refractivity contribution < 1.29 is 14.3 Å². The molecule has 1 N–H and O–H groups in total. The lowest BCUT2D eigenvalue weighted by molar-refractivity contribution is -0.122. The van der Waals surface area contributed by atoms with Gasteiger partial charge in [-0.3, -0.25) is 9.59 Å². The Bertz CT molecular complexity index is 813. The van der Waals surface area contributed by atoms with Crippen molar-refractivity contribution in [3.05, 3.63) is 59.1 Å². The number of piperidine rings is 1. The summed E-state index contributed by atoms with van der Waals surface area (Å²) >= 11 is 5.85. The van der Waals surface area contributed by atoms with Gasteiger partial charge >= 0.3 is 0 Å². The van der Waals surface area contributed by atoms with E-state index in [0.717, 1.165) is 25.9 Å². The highest BCUT2D eigenvalue weighted by molar-refractivity contribution is 6.30. The van der Waals surface area contributed by atoms with Gasteiger partial charge < -0.3 is 15.0 Å². The van der Waals surface area contributed by atoms with Crippen molar-refractivity contribution in [1.82, 2.24) is 4.90 Å². The van der Waals surface area contributed by atoms with Crippen LogP contribution >= 0.6 is 11.6 Å². The molecule has 1 fully saturated rings. The molecule has 6 heteroatoms. The van der Waals surface area contributed by atoms with Crippen LogP contribution in [-0.2, 0) is 4.79 Å². The van der Waals surface area contributed by atoms with Crippen LogP contribution in [0.4, 0.5) is 5.69 Å². The van der Waals surface area contributed by atoms with E-state index in [1.165, 1.54) is 0 Å². The Morgan fingerprint density at radius 2 is 1.68 bits per heavy atom. The highest BCUT2D eigenvalue weighted by Crippen LogP contribution is 2.20. The van der Waals surface area contributed by atoms with Crippen LogP contribution in [0.2, 0.25) is 5.02 Å². The maximum absolute atomic E-state index is 12.6. The molecule has 3 rings (SSSR count). The van der Waals surface area contributed by atoms with E-state index in [4.69, 9.17) is 16.3 Å². The maximum Gasteiger partial charge on any atom is 0.265 e. The molecule has 1 saturated heterocycles. The standard InChI is InChI=1S/C22H25ClN2O3/c1-15-11-13-25(14-12-15)22(27)17-3-7-19(8-4-17)24-21(26)16(2)28-20-9-5-18(23)6-10-20/h3-10,15-16H,11-14H2,1-2H3,(H,24,26). The second-order valence-corrected chi connectivity index (χ2v) is 7.69. The summed E-state index contributed by atoms with van der Waals surface area (Å²) in [5.41, 5.74) is 1.26. The number of anilines is 1. The van der Waals surface area contributed by atoms with Crippen LogP contribution in [0.25, 0.3) is 0 Å². The molecule has 2 aromatic rings. The normalized spacial score (nSPS) is 15.8. The summed E-state index contributed by atoms with van der Waals surface area (Å²) in [5.74, 6) is 1.03. The first-order valence-corrected chi connectivity index (χ1v) is 9.92. The Labute approximate surface area is 170 Å². The quantitative estimate of drug-likeness (QED) is 0.796. The molecule has 0 bridgehead atoms. The first-order valence-electron chi connectivity index (χ1n) is 9.55. The Morgan fingerprint density at radius 3 is 2.29 bits per heavy atom. The number of halogens is 1. The highest BCUT2D eigenvalue weighted by Gasteiger charge is 2.21. The molecule has 5 nitrogen and oxygen atoms in total. The van der Waals surface area contributed by atoms with E-state index in [1.807, 2.05) is 4.90 Å². The van der Waals surface area contributed by atoms with Crippen molar-refractivity contribution in [2.24, 2.45) is 5.92 Å². The average Bonchev–Trinajstić information content (AvgIpc) is 2.70. The number of hydrogen-bond donors (Lipinski definition) is 1. The predicted octanol–water partition coefficient (Wildman–Crippen LogP) is 4.62. The van der Waals surface area contributed by atoms with Gasteiger partial charge in [-0.1, -0.05) is 18.5 Å². The summed E-state index contributed by atoms with van der Waals surface area (Å²) in [6.45, 7) is 5.51. The average molecular weight is 401 g/mol. The fourth-order valence-electron chi connectivity index (χ4n) is 3.11. The number of rotatable bonds is 5. The molecule has 1 heterocycles. The van der Waals surface area contributed by atoms with Gasteiger partial charge in [-0.2, -0.15) is 0 Å². The molecule has 2 aromatic carbocycles. The molecule has 28 heavy (non-hydrogen) atoms.